The van der Waals surface area contributed by atoms with Crippen molar-refractivity contribution in [2.75, 3.05) is 47.5 Å². The van der Waals surface area contributed by atoms with Crippen LogP contribution in [0.3, 0.4) is 0 Å². The Balaban J connectivity index is 4.54. The molecule has 0 aromatic rings. The minimum absolute atomic E-state index is 0.0533. The highest BCUT2D eigenvalue weighted by Gasteiger charge is 2.21. The molecule has 1 unspecified atom stereocenters. The van der Waals surface area contributed by atoms with E-state index in [0.717, 1.165) is 77.0 Å². The van der Waals surface area contributed by atoms with Crippen molar-refractivity contribution in [3.8, 4) is 0 Å². The largest absolute Gasteiger partial charge is 0.756 e. The van der Waals surface area contributed by atoms with E-state index in [9.17, 15) is 19.0 Å². The highest BCUT2D eigenvalue weighted by atomic mass is 31.2. The summed E-state index contributed by atoms with van der Waals surface area (Å²) in [5.41, 5.74) is 0. The van der Waals surface area contributed by atoms with Crippen LogP contribution in [0.15, 0.2) is 109 Å². The van der Waals surface area contributed by atoms with E-state index < -0.39 is 32.5 Å². The lowest BCUT2D eigenvalue weighted by Crippen LogP contribution is -2.37. The number of nitrogens with zero attached hydrogens (tertiary/aromatic N) is 1. The van der Waals surface area contributed by atoms with Crippen molar-refractivity contribution in [3.05, 3.63) is 109 Å². The van der Waals surface area contributed by atoms with Gasteiger partial charge < -0.3 is 27.9 Å². The summed E-state index contributed by atoms with van der Waals surface area (Å²) in [6, 6.07) is 0. The molecule has 0 saturated carbocycles. The Morgan fingerprint density at radius 2 is 0.983 bits per heavy atom. The number of rotatable bonds is 39. The summed E-state index contributed by atoms with van der Waals surface area (Å²) in [6.07, 6.45) is 55.6. The number of carbonyl (C=O) groups excluding carboxylic acids is 2. The Hall–Kier alpha value is -3.33. The molecule has 0 aliphatic heterocycles. The molecular weight excluding hydrogens is 774 g/mol. The van der Waals surface area contributed by atoms with Crippen molar-refractivity contribution in [1.82, 2.24) is 0 Å². The maximum absolute atomic E-state index is 12.7. The predicted octanol–water partition coefficient (Wildman–Crippen LogP) is 12.5. The fourth-order valence-electron chi connectivity index (χ4n) is 5.27. The van der Waals surface area contributed by atoms with Gasteiger partial charge in [0.25, 0.3) is 7.82 Å². The highest BCUT2D eigenvalue weighted by molar-refractivity contribution is 7.45. The molecule has 0 saturated heterocycles. The van der Waals surface area contributed by atoms with Crippen LogP contribution in [0.4, 0.5) is 0 Å². The molecule has 9 nitrogen and oxygen atoms in total. The van der Waals surface area contributed by atoms with E-state index in [1.54, 1.807) is 0 Å². The molecule has 340 valence electrons. The number of quaternary nitrogens is 1. The van der Waals surface area contributed by atoms with Crippen molar-refractivity contribution in [2.45, 2.75) is 148 Å². The lowest BCUT2D eigenvalue weighted by Gasteiger charge is -2.28. The molecular formula is C50H82NO8P. The molecule has 0 fully saturated rings. The first-order valence-electron chi connectivity index (χ1n) is 22.6. The zero-order valence-electron chi connectivity index (χ0n) is 38.1. The summed E-state index contributed by atoms with van der Waals surface area (Å²) >= 11 is 0. The number of unbranched alkanes of at least 4 members (excludes halogenated alkanes) is 7. The molecule has 0 aliphatic carbocycles. The van der Waals surface area contributed by atoms with E-state index in [0.29, 0.717) is 23.9 Å². The van der Waals surface area contributed by atoms with E-state index in [-0.39, 0.29) is 26.1 Å². The van der Waals surface area contributed by atoms with Gasteiger partial charge >= 0.3 is 11.9 Å². The molecule has 0 N–H and O–H groups in total. The van der Waals surface area contributed by atoms with Crippen LogP contribution < -0.4 is 4.89 Å². The summed E-state index contributed by atoms with van der Waals surface area (Å²) in [4.78, 5) is 37.5. The lowest BCUT2D eigenvalue weighted by molar-refractivity contribution is -0.870. The van der Waals surface area contributed by atoms with Crippen molar-refractivity contribution in [2.24, 2.45) is 0 Å². The zero-order chi connectivity index (χ0) is 44.3. The van der Waals surface area contributed by atoms with Gasteiger partial charge in [0.2, 0.25) is 0 Å². The van der Waals surface area contributed by atoms with E-state index in [1.165, 1.54) is 25.7 Å². The minimum atomic E-state index is -4.66. The second-order valence-corrected chi connectivity index (χ2v) is 17.1. The number of carbonyl (C=O) groups is 2. The molecule has 2 atom stereocenters. The molecule has 60 heavy (non-hydrogen) atoms. The van der Waals surface area contributed by atoms with Gasteiger partial charge in [-0.2, -0.15) is 0 Å². The number of allylic oxidation sites excluding steroid dienone is 18. The Morgan fingerprint density at radius 1 is 0.533 bits per heavy atom. The van der Waals surface area contributed by atoms with Gasteiger partial charge in [0.05, 0.1) is 27.7 Å². The van der Waals surface area contributed by atoms with Crippen molar-refractivity contribution in [1.29, 1.82) is 0 Å². The smallest absolute Gasteiger partial charge is 0.306 e. The molecule has 0 aromatic heterocycles. The monoisotopic (exact) mass is 856 g/mol. The highest BCUT2D eigenvalue weighted by Crippen LogP contribution is 2.38. The topological polar surface area (TPSA) is 111 Å². The first-order chi connectivity index (χ1) is 29.0. The third kappa shape index (κ3) is 44.2. The second-order valence-electron chi connectivity index (χ2n) is 15.7. The van der Waals surface area contributed by atoms with E-state index in [1.807, 2.05) is 33.3 Å². The van der Waals surface area contributed by atoms with E-state index in [2.05, 4.69) is 111 Å². The van der Waals surface area contributed by atoms with Gasteiger partial charge in [-0.05, 0) is 89.9 Å². The third-order valence-electron chi connectivity index (χ3n) is 8.79. The first kappa shape index (κ1) is 56.7. The molecule has 0 radical (unpaired) electrons. The van der Waals surface area contributed by atoms with Crippen LogP contribution in [0.1, 0.15) is 142 Å². The number of phosphoric ester groups is 1. The van der Waals surface area contributed by atoms with Gasteiger partial charge in [0, 0.05) is 12.8 Å². The van der Waals surface area contributed by atoms with Crippen molar-refractivity contribution >= 4 is 19.8 Å². The van der Waals surface area contributed by atoms with Crippen LogP contribution >= 0.6 is 7.82 Å². The standard InChI is InChI=1S/C50H82NO8P/c1-6-8-10-12-14-16-18-20-22-24-25-27-28-30-32-34-36-38-40-42-49(52)56-46-48(47-58-60(54,55)57-45-44-51(3,4)5)59-50(53)43-41-39-37-35-33-31-29-26-23-21-19-17-15-13-11-9-7-2/h8,10,14-17,20-23,25,27,29-32,36,38,48H,6-7,9,11-13,18-19,24,26,28,33-35,37,39-47H2,1-5H3/b10-8+,16-14+,17-15+,22-20+,23-21+,27-25+,31-29+,32-30+,38-36+/t48-/m1/s1. The molecule has 0 bridgehead atoms. The molecule has 0 aromatic carbocycles. The summed E-state index contributed by atoms with van der Waals surface area (Å²) in [6.45, 7) is 3.94. The van der Waals surface area contributed by atoms with Crippen LogP contribution in [0.25, 0.3) is 0 Å². The summed E-state index contributed by atoms with van der Waals surface area (Å²) in [5.74, 6) is -0.970. The Kier molecular flexibility index (Phi) is 38.8. The fourth-order valence-corrected chi connectivity index (χ4v) is 6.00. The third-order valence-corrected chi connectivity index (χ3v) is 9.75. The minimum Gasteiger partial charge on any atom is -0.756 e. The lowest BCUT2D eigenvalue weighted by atomic mass is 10.1. The van der Waals surface area contributed by atoms with Gasteiger partial charge in [-0.15, -0.1) is 0 Å². The normalized spacial score (nSPS) is 14.6. The summed E-state index contributed by atoms with van der Waals surface area (Å²) in [5, 5.41) is 0. The molecule has 0 heterocycles. The van der Waals surface area contributed by atoms with Crippen molar-refractivity contribution < 1.29 is 42.1 Å². The van der Waals surface area contributed by atoms with Crippen molar-refractivity contribution in [3.63, 3.8) is 0 Å². The average Bonchev–Trinajstić information content (AvgIpc) is 3.20. The van der Waals surface area contributed by atoms with Gasteiger partial charge in [-0.25, -0.2) is 0 Å². The number of hydrogen-bond acceptors (Lipinski definition) is 8. The van der Waals surface area contributed by atoms with Crippen LogP contribution in [0.5, 0.6) is 0 Å². The summed E-state index contributed by atoms with van der Waals surface area (Å²) in [7, 11) is 1.09. The van der Waals surface area contributed by atoms with Gasteiger partial charge in [0.1, 0.15) is 19.8 Å². The second kappa shape index (κ2) is 41.0. The number of hydrogen-bond donors (Lipinski definition) is 0. The van der Waals surface area contributed by atoms with Crippen LogP contribution in [-0.4, -0.2) is 70.0 Å². The average molecular weight is 856 g/mol. The van der Waals surface area contributed by atoms with Crippen LogP contribution in [0.2, 0.25) is 0 Å². The fraction of sp³-hybridized carbons (Fsp3) is 0.600. The first-order valence-corrected chi connectivity index (χ1v) is 24.1. The van der Waals surface area contributed by atoms with Gasteiger partial charge in [-0.1, -0.05) is 149 Å². The Bertz CT molecular complexity index is 1380. The van der Waals surface area contributed by atoms with Gasteiger partial charge in [0.15, 0.2) is 6.10 Å². The van der Waals surface area contributed by atoms with E-state index >= 15 is 0 Å². The Morgan fingerprint density at radius 3 is 1.47 bits per heavy atom. The summed E-state index contributed by atoms with van der Waals surface area (Å²) < 4.78 is 33.8. The maximum atomic E-state index is 12.7. The molecule has 0 aliphatic rings. The maximum Gasteiger partial charge on any atom is 0.306 e. The van der Waals surface area contributed by atoms with Crippen LogP contribution in [-0.2, 0) is 32.7 Å². The quantitative estimate of drug-likeness (QED) is 0.0198. The van der Waals surface area contributed by atoms with Gasteiger partial charge in [-0.3, -0.25) is 14.2 Å². The molecule has 0 rings (SSSR count). The molecule has 0 spiro atoms. The molecule has 0 amide bonds. The molecule has 10 heteroatoms. The number of likely N-dealkylation sites (N-methyl/N-ethyl adjacent to an activating group) is 1. The van der Waals surface area contributed by atoms with E-state index in [4.69, 9.17) is 18.5 Å². The van der Waals surface area contributed by atoms with Crippen LogP contribution in [0, 0.1) is 0 Å². The Labute approximate surface area is 366 Å². The number of esters is 2. The SMILES string of the molecule is CC/C=C/C/C=C/C/C=C/C/C=C/C/C=C/C/C=C/CCC(=O)OC[C@H](COP(=O)([O-])OCC[N+](C)(C)C)OC(=O)CCCCCC/C=C/C/C=C/C/C=C/CCCCC. The predicted molar refractivity (Wildman–Crippen MR) is 249 cm³/mol. The number of phosphoric acid groups is 1. The number of ether oxygens (including phenoxy) is 2. The zero-order valence-corrected chi connectivity index (χ0v) is 39.0.